The largest absolute Gasteiger partial charge is 0.492 e. The summed E-state index contributed by atoms with van der Waals surface area (Å²) in [7, 11) is 1.74. The topological polar surface area (TPSA) is 60.9 Å². The van der Waals surface area contributed by atoms with Gasteiger partial charge in [0.1, 0.15) is 19.0 Å². The Morgan fingerprint density at radius 1 is 0.968 bits per heavy atom. The molecule has 0 aliphatic rings. The van der Waals surface area contributed by atoms with Gasteiger partial charge in [-0.2, -0.15) is 0 Å². The van der Waals surface area contributed by atoms with Crippen molar-refractivity contribution in [2.45, 2.75) is 13.5 Å². The van der Waals surface area contributed by atoms with Crippen LogP contribution >= 0.6 is 11.6 Å². The van der Waals surface area contributed by atoms with Crippen molar-refractivity contribution in [3.05, 3.63) is 83.1 Å². The third-order valence-corrected chi connectivity index (χ3v) is 4.74. The van der Waals surface area contributed by atoms with Gasteiger partial charge in [0.15, 0.2) is 11.5 Å². The standard InChI is InChI=1S/C24H25ClN2O4/c1-3-29-23-16-19(4-9-22(23)31-17-18-10-12-26-13-11-18)24(28)27(2)14-15-30-21-7-5-20(25)6-8-21/h4-13,16H,3,14-15,17H2,1-2H3. The molecule has 1 heterocycles. The fraction of sp³-hybridized carbons (Fsp3) is 0.250. The van der Waals surface area contributed by atoms with Crippen LogP contribution in [0.2, 0.25) is 5.02 Å². The highest BCUT2D eigenvalue weighted by molar-refractivity contribution is 6.30. The van der Waals surface area contributed by atoms with Crippen molar-refractivity contribution in [2.75, 3.05) is 26.8 Å². The van der Waals surface area contributed by atoms with E-state index in [0.717, 1.165) is 5.56 Å². The molecule has 0 saturated carbocycles. The summed E-state index contributed by atoms with van der Waals surface area (Å²) in [6.07, 6.45) is 3.44. The number of halogens is 1. The summed E-state index contributed by atoms with van der Waals surface area (Å²) in [4.78, 5) is 18.4. The maximum absolute atomic E-state index is 12.8. The lowest BCUT2D eigenvalue weighted by molar-refractivity contribution is 0.0773. The molecule has 7 heteroatoms. The van der Waals surface area contributed by atoms with Gasteiger partial charge in [-0.15, -0.1) is 0 Å². The SMILES string of the molecule is CCOc1cc(C(=O)N(C)CCOc2ccc(Cl)cc2)ccc1OCc1ccncc1. The molecular weight excluding hydrogens is 416 g/mol. The quantitative estimate of drug-likeness (QED) is 0.450. The van der Waals surface area contributed by atoms with Crippen molar-refractivity contribution < 1.29 is 19.0 Å². The van der Waals surface area contributed by atoms with E-state index in [0.29, 0.717) is 54.2 Å². The maximum Gasteiger partial charge on any atom is 0.253 e. The number of carbonyl (C=O) groups is 1. The van der Waals surface area contributed by atoms with Crippen LogP contribution < -0.4 is 14.2 Å². The summed E-state index contributed by atoms with van der Waals surface area (Å²) in [6.45, 7) is 3.55. The smallest absolute Gasteiger partial charge is 0.253 e. The molecule has 1 aromatic heterocycles. The van der Waals surface area contributed by atoms with Crippen molar-refractivity contribution in [1.29, 1.82) is 0 Å². The molecule has 0 saturated heterocycles. The molecule has 2 aromatic carbocycles. The van der Waals surface area contributed by atoms with Crippen LogP contribution in [-0.4, -0.2) is 42.6 Å². The van der Waals surface area contributed by atoms with Gasteiger partial charge in [-0.05, 0) is 67.1 Å². The van der Waals surface area contributed by atoms with Crippen LogP contribution in [0, 0.1) is 0 Å². The monoisotopic (exact) mass is 440 g/mol. The van der Waals surface area contributed by atoms with Gasteiger partial charge in [-0.3, -0.25) is 9.78 Å². The first-order valence-electron chi connectivity index (χ1n) is 9.99. The lowest BCUT2D eigenvalue weighted by Gasteiger charge is -2.19. The molecule has 0 atom stereocenters. The van der Waals surface area contributed by atoms with Crippen LogP contribution in [0.3, 0.4) is 0 Å². The lowest BCUT2D eigenvalue weighted by Crippen LogP contribution is -2.30. The first kappa shape index (κ1) is 22.4. The molecule has 6 nitrogen and oxygen atoms in total. The van der Waals surface area contributed by atoms with E-state index in [-0.39, 0.29) is 5.91 Å². The molecular formula is C24H25ClN2O4. The second-order valence-corrected chi connectivity index (χ2v) is 7.20. The summed E-state index contributed by atoms with van der Waals surface area (Å²) < 4.78 is 17.3. The Kier molecular flexibility index (Phi) is 8.12. The predicted octanol–water partition coefficient (Wildman–Crippen LogP) is 4.86. The fourth-order valence-electron chi connectivity index (χ4n) is 2.82. The number of pyridine rings is 1. The van der Waals surface area contributed by atoms with Crippen LogP contribution in [0.1, 0.15) is 22.8 Å². The summed E-state index contributed by atoms with van der Waals surface area (Å²) in [5.41, 5.74) is 1.52. The minimum atomic E-state index is -0.124. The van der Waals surface area contributed by atoms with Crippen molar-refractivity contribution >= 4 is 17.5 Å². The number of carbonyl (C=O) groups excluding carboxylic acids is 1. The van der Waals surface area contributed by atoms with Crippen LogP contribution in [0.15, 0.2) is 67.0 Å². The van der Waals surface area contributed by atoms with Gasteiger partial charge in [0.05, 0.1) is 13.2 Å². The first-order chi connectivity index (χ1) is 15.1. The van der Waals surface area contributed by atoms with Gasteiger partial charge in [0.2, 0.25) is 0 Å². The normalized spacial score (nSPS) is 10.4. The Labute approximate surface area is 187 Å². The number of ether oxygens (including phenoxy) is 3. The Morgan fingerprint density at radius 3 is 2.42 bits per heavy atom. The number of rotatable bonds is 10. The first-order valence-corrected chi connectivity index (χ1v) is 10.4. The van der Waals surface area contributed by atoms with Crippen LogP contribution in [0.25, 0.3) is 0 Å². The lowest BCUT2D eigenvalue weighted by atomic mass is 10.1. The zero-order valence-electron chi connectivity index (χ0n) is 17.6. The van der Waals surface area contributed by atoms with E-state index in [2.05, 4.69) is 4.98 Å². The number of hydrogen-bond donors (Lipinski definition) is 0. The summed E-state index contributed by atoms with van der Waals surface area (Å²) in [5.74, 6) is 1.71. The molecule has 0 spiro atoms. The highest BCUT2D eigenvalue weighted by atomic mass is 35.5. The number of likely N-dealkylation sites (N-methyl/N-ethyl adjacent to an activating group) is 1. The van der Waals surface area contributed by atoms with E-state index in [1.165, 1.54) is 0 Å². The Balaban J connectivity index is 1.60. The molecule has 162 valence electrons. The number of hydrogen-bond acceptors (Lipinski definition) is 5. The second-order valence-electron chi connectivity index (χ2n) is 6.77. The third-order valence-electron chi connectivity index (χ3n) is 4.49. The third kappa shape index (κ3) is 6.62. The molecule has 0 fully saturated rings. The zero-order valence-corrected chi connectivity index (χ0v) is 18.3. The van der Waals surface area contributed by atoms with Crippen LogP contribution in [0.4, 0.5) is 0 Å². The van der Waals surface area contributed by atoms with Gasteiger partial charge in [0, 0.05) is 30.0 Å². The van der Waals surface area contributed by atoms with Gasteiger partial charge < -0.3 is 19.1 Å². The average Bonchev–Trinajstić information content (AvgIpc) is 2.80. The van der Waals surface area contributed by atoms with E-state index in [1.54, 1.807) is 66.8 Å². The van der Waals surface area contributed by atoms with Crippen molar-refractivity contribution in [3.8, 4) is 17.2 Å². The van der Waals surface area contributed by atoms with Gasteiger partial charge in [-0.25, -0.2) is 0 Å². The number of aromatic nitrogens is 1. The Hall–Kier alpha value is -3.25. The Bertz CT molecular complexity index is 981. The molecule has 0 bridgehead atoms. The highest BCUT2D eigenvalue weighted by Gasteiger charge is 2.15. The van der Waals surface area contributed by atoms with Crippen LogP contribution in [-0.2, 0) is 6.61 Å². The van der Waals surface area contributed by atoms with Gasteiger partial charge in [-0.1, -0.05) is 11.6 Å². The number of benzene rings is 2. The molecule has 0 aliphatic heterocycles. The van der Waals surface area contributed by atoms with Crippen molar-refractivity contribution in [3.63, 3.8) is 0 Å². The molecule has 0 N–H and O–H groups in total. The molecule has 3 rings (SSSR count). The molecule has 0 unspecified atom stereocenters. The van der Waals surface area contributed by atoms with E-state index >= 15 is 0 Å². The zero-order chi connectivity index (χ0) is 22.1. The minimum absolute atomic E-state index is 0.124. The molecule has 3 aromatic rings. The fourth-order valence-corrected chi connectivity index (χ4v) is 2.95. The Morgan fingerprint density at radius 2 is 1.71 bits per heavy atom. The minimum Gasteiger partial charge on any atom is -0.492 e. The number of nitrogens with zero attached hydrogens (tertiary/aromatic N) is 2. The van der Waals surface area contributed by atoms with Gasteiger partial charge in [0.25, 0.3) is 5.91 Å². The van der Waals surface area contributed by atoms with Gasteiger partial charge >= 0.3 is 0 Å². The van der Waals surface area contributed by atoms with E-state index in [9.17, 15) is 4.79 Å². The molecule has 31 heavy (non-hydrogen) atoms. The van der Waals surface area contributed by atoms with E-state index < -0.39 is 0 Å². The number of amides is 1. The molecule has 0 aliphatic carbocycles. The van der Waals surface area contributed by atoms with Crippen molar-refractivity contribution in [2.24, 2.45) is 0 Å². The van der Waals surface area contributed by atoms with E-state index in [4.69, 9.17) is 25.8 Å². The molecule has 1 amide bonds. The van der Waals surface area contributed by atoms with Crippen molar-refractivity contribution in [1.82, 2.24) is 9.88 Å². The second kappa shape index (κ2) is 11.2. The summed E-state index contributed by atoms with van der Waals surface area (Å²) in [5, 5.41) is 0.651. The summed E-state index contributed by atoms with van der Waals surface area (Å²) >= 11 is 5.87. The van der Waals surface area contributed by atoms with Crippen LogP contribution in [0.5, 0.6) is 17.2 Å². The average molecular weight is 441 g/mol. The summed E-state index contributed by atoms with van der Waals surface area (Å²) in [6, 6.07) is 16.1. The molecule has 0 radical (unpaired) electrons. The highest BCUT2D eigenvalue weighted by Crippen LogP contribution is 2.29. The predicted molar refractivity (Wildman–Crippen MR) is 120 cm³/mol. The van der Waals surface area contributed by atoms with E-state index in [1.807, 2.05) is 19.1 Å². The maximum atomic E-state index is 12.8.